The first-order valence-corrected chi connectivity index (χ1v) is 11.2. The van der Waals surface area contributed by atoms with E-state index in [1.165, 1.54) is 0 Å². The molecular weight excluding hydrogens is 394 g/mol. The summed E-state index contributed by atoms with van der Waals surface area (Å²) in [6.45, 7) is 0.0429. The van der Waals surface area contributed by atoms with Gasteiger partial charge in [-0.05, 0) is 35.1 Å². The van der Waals surface area contributed by atoms with Crippen LogP contribution in [0.2, 0.25) is 0 Å². The third-order valence-electron chi connectivity index (χ3n) is 5.76. The lowest BCUT2D eigenvalue weighted by atomic mass is 9.92. The normalized spacial score (nSPS) is 19.0. The number of ether oxygens (including phenoxy) is 1. The molecule has 8 heteroatoms. The summed E-state index contributed by atoms with van der Waals surface area (Å²) in [6.07, 6.45) is -1.36. The molecule has 152 valence electrons. The van der Waals surface area contributed by atoms with Crippen molar-refractivity contribution >= 4 is 21.9 Å². The van der Waals surface area contributed by atoms with Crippen molar-refractivity contribution in [2.75, 3.05) is 18.1 Å². The number of carboxylic acid groups (broad SMARTS) is 1. The lowest BCUT2D eigenvalue weighted by molar-refractivity contribution is -0.314. The standard InChI is InChI=1S/C21H21NO6S/c23-19(24)21(9-11-29(26,27)12-10-21)22-20(25)28-13-18-16-7-3-1-5-14(16)15-6-2-4-8-17(15)18/h1-8,18H,9-13H2,(H,22,25)(H,23,24)/p-1. The van der Waals surface area contributed by atoms with Crippen LogP contribution in [0.4, 0.5) is 4.79 Å². The highest BCUT2D eigenvalue weighted by molar-refractivity contribution is 7.91. The molecule has 1 amide bonds. The molecule has 0 aromatic heterocycles. The van der Waals surface area contributed by atoms with Crippen LogP contribution < -0.4 is 10.4 Å². The van der Waals surface area contributed by atoms with E-state index in [0.29, 0.717) is 0 Å². The maximum absolute atomic E-state index is 12.4. The first-order chi connectivity index (χ1) is 13.8. The van der Waals surface area contributed by atoms with Gasteiger partial charge in [-0.2, -0.15) is 0 Å². The number of aliphatic carboxylic acids is 1. The number of amides is 1. The molecule has 7 nitrogen and oxygen atoms in total. The zero-order valence-electron chi connectivity index (χ0n) is 15.6. The Morgan fingerprint density at radius 1 is 1.00 bits per heavy atom. The highest BCUT2D eigenvalue weighted by atomic mass is 32.2. The summed E-state index contributed by atoms with van der Waals surface area (Å²) >= 11 is 0. The van der Waals surface area contributed by atoms with Crippen LogP contribution in [-0.4, -0.2) is 44.1 Å². The van der Waals surface area contributed by atoms with Crippen molar-refractivity contribution in [3.05, 3.63) is 59.7 Å². The van der Waals surface area contributed by atoms with Gasteiger partial charge in [-0.15, -0.1) is 0 Å². The van der Waals surface area contributed by atoms with Gasteiger partial charge in [0.05, 0.1) is 23.0 Å². The van der Waals surface area contributed by atoms with Crippen molar-refractivity contribution in [2.45, 2.75) is 24.3 Å². The van der Waals surface area contributed by atoms with Crippen LogP contribution in [0.1, 0.15) is 29.9 Å². The molecule has 0 saturated carbocycles. The fraction of sp³-hybridized carbons (Fsp3) is 0.333. The van der Waals surface area contributed by atoms with E-state index in [1.807, 2.05) is 48.5 Å². The molecule has 0 unspecified atom stereocenters. The largest absolute Gasteiger partial charge is 0.548 e. The van der Waals surface area contributed by atoms with E-state index in [9.17, 15) is 23.1 Å². The average Bonchev–Trinajstić information content (AvgIpc) is 3.02. The predicted molar refractivity (Wildman–Crippen MR) is 104 cm³/mol. The van der Waals surface area contributed by atoms with E-state index in [1.54, 1.807) is 0 Å². The van der Waals surface area contributed by atoms with E-state index >= 15 is 0 Å². The number of nitrogens with one attached hydrogen (secondary N) is 1. The van der Waals surface area contributed by atoms with E-state index in [4.69, 9.17) is 4.74 Å². The maximum Gasteiger partial charge on any atom is 0.407 e. The molecule has 1 aliphatic carbocycles. The Morgan fingerprint density at radius 3 is 2.03 bits per heavy atom. The SMILES string of the molecule is O=C(NC1(C(=O)[O-])CCS(=O)(=O)CC1)OCC1c2ccccc2-c2ccccc21. The van der Waals surface area contributed by atoms with Gasteiger partial charge < -0.3 is 20.0 Å². The molecule has 1 fully saturated rings. The minimum atomic E-state index is -3.30. The van der Waals surface area contributed by atoms with Crippen LogP contribution in [0.5, 0.6) is 0 Å². The van der Waals surface area contributed by atoms with Gasteiger partial charge in [0.2, 0.25) is 0 Å². The second-order valence-electron chi connectivity index (χ2n) is 7.47. The number of carboxylic acids is 1. The molecule has 1 N–H and O–H groups in total. The fourth-order valence-electron chi connectivity index (χ4n) is 4.10. The minimum absolute atomic E-state index is 0.0429. The third kappa shape index (κ3) is 3.60. The molecule has 4 rings (SSSR count). The number of hydrogen-bond donors (Lipinski definition) is 1. The molecule has 1 aliphatic heterocycles. The van der Waals surface area contributed by atoms with E-state index in [-0.39, 0.29) is 36.9 Å². The van der Waals surface area contributed by atoms with Crippen LogP contribution in [0.15, 0.2) is 48.5 Å². The van der Waals surface area contributed by atoms with Crippen molar-refractivity contribution in [2.24, 2.45) is 0 Å². The van der Waals surface area contributed by atoms with Crippen molar-refractivity contribution in [3.63, 3.8) is 0 Å². The van der Waals surface area contributed by atoms with E-state index in [2.05, 4.69) is 5.32 Å². The summed E-state index contributed by atoms with van der Waals surface area (Å²) in [5.74, 6) is -2.28. The maximum atomic E-state index is 12.4. The van der Waals surface area contributed by atoms with Crippen molar-refractivity contribution in [1.82, 2.24) is 5.32 Å². The molecule has 1 saturated heterocycles. The van der Waals surface area contributed by atoms with Gasteiger partial charge in [-0.1, -0.05) is 48.5 Å². The summed E-state index contributed by atoms with van der Waals surface area (Å²) in [5, 5.41) is 14.0. The van der Waals surface area contributed by atoms with E-state index in [0.717, 1.165) is 22.3 Å². The lowest BCUT2D eigenvalue weighted by Gasteiger charge is -2.38. The number of sulfone groups is 1. The van der Waals surface area contributed by atoms with Gasteiger partial charge >= 0.3 is 6.09 Å². The molecule has 0 radical (unpaired) electrons. The molecule has 0 atom stereocenters. The minimum Gasteiger partial charge on any atom is -0.548 e. The molecule has 0 bridgehead atoms. The number of carbonyl (C=O) groups is 2. The summed E-state index contributed by atoms with van der Waals surface area (Å²) in [6, 6.07) is 15.7. The highest BCUT2D eigenvalue weighted by Crippen LogP contribution is 2.44. The third-order valence-corrected chi connectivity index (χ3v) is 7.41. The first-order valence-electron chi connectivity index (χ1n) is 9.36. The van der Waals surface area contributed by atoms with Crippen LogP contribution in [0.25, 0.3) is 11.1 Å². The Morgan fingerprint density at radius 2 is 1.52 bits per heavy atom. The predicted octanol–water partition coefficient (Wildman–Crippen LogP) is 1.22. The van der Waals surface area contributed by atoms with Crippen molar-refractivity contribution < 1.29 is 27.9 Å². The molecular formula is C21H20NO6S-. The van der Waals surface area contributed by atoms with Crippen LogP contribution in [0.3, 0.4) is 0 Å². The highest BCUT2D eigenvalue weighted by Gasteiger charge is 2.40. The number of fused-ring (bicyclic) bond motifs is 3. The Labute approximate surface area is 168 Å². The summed E-state index contributed by atoms with van der Waals surface area (Å²) in [5.41, 5.74) is 2.52. The molecule has 2 aromatic carbocycles. The van der Waals surface area contributed by atoms with Gasteiger partial charge in [0.25, 0.3) is 0 Å². The number of carbonyl (C=O) groups excluding carboxylic acids is 2. The molecule has 29 heavy (non-hydrogen) atoms. The quantitative estimate of drug-likeness (QED) is 0.805. The summed E-state index contributed by atoms with van der Waals surface area (Å²) in [4.78, 5) is 24.0. The lowest BCUT2D eigenvalue weighted by Crippen LogP contribution is -2.63. The number of alkyl carbamates (subject to hydrolysis) is 1. The zero-order chi connectivity index (χ0) is 20.6. The Hall–Kier alpha value is -2.87. The summed E-state index contributed by atoms with van der Waals surface area (Å²) in [7, 11) is -3.30. The van der Waals surface area contributed by atoms with Crippen molar-refractivity contribution in [3.8, 4) is 11.1 Å². The van der Waals surface area contributed by atoms with Crippen LogP contribution >= 0.6 is 0 Å². The van der Waals surface area contributed by atoms with Crippen LogP contribution in [-0.2, 0) is 19.4 Å². The Bertz CT molecular complexity index is 1020. The Balaban J connectivity index is 1.48. The monoisotopic (exact) mass is 414 g/mol. The van der Waals surface area contributed by atoms with Gasteiger partial charge in [0.15, 0.2) is 9.84 Å². The average molecular weight is 414 g/mol. The van der Waals surface area contributed by atoms with E-state index < -0.39 is 27.4 Å². The first kappa shape index (κ1) is 19.4. The number of hydrogen-bond acceptors (Lipinski definition) is 6. The molecule has 1 heterocycles. The van der Waals surface area contributed by atoms with Gasteiger partial charge in [0.1, 0.15) is 6.61 Å². The molecule has 2 aromatic rings. The van der Waals surface area contributed by atoms with Gasteiger partial charge in [-0.3, -0.25) is 0 Å². The van der Waals surface area contributed by atoms with Crippen LogP contribution in [0, 0.1) is 0 Å². The molecule has 2 aliphatic rings. The number of rotatable bonds is 4. The Kier molecular flexibility index (Phi) is 4.82. The smallest absolute Gasteiger partial charge is 0.407 e. The molecule has 0 spiro atoms. The van der Waals surface area contributed by atoms with Gasteiger partial charge in [-0.25, -0.2) is 13.2 Å². The van der Waals surface area contributed by atoms with Gasteiger partial charge in [0, 0.05) is 5.92 Å². The van der Waals surface area contributed by atoms with Crippen molar-refractivity contribution in [1.29, 1.82) is 0 Å². The summed E-state index contributed by atoms with van der Waals surface area (Å²) < 4.78 is 28.6. The zero-order valence-corrected chi connectivity index (χ0v) is 16.4. The number of benzene rings is 2. The second-order valence-corrected chi connectivity index (χ2v) is 9.78. The topological polar surface area (TPSA) is 113 Å². The fourth-order valence-corrected chi connectivity index (χ4v) is 5.62. The second kappa shape index (κ2) is 7.18.